The molecule has 6 heteroatoms. The van der Waals surface area contributed by atoms with E-state index in [4.69, 9.17) is 11.6 Å². The van der Waals surface area contributed by atoms with E-state index in [9.17, 15) is 4.79 Å². The lowest BCUT2D eigenvalue weighted by Crippen LogP contribution is -2.51. The molecule has 3 rings (SSSR count). The number of amides is 1. The van der Waals surface area contributed by atoms with Crippen molar-refractivity contribution in [3.63, 3.8) is 0 Å². The molecule has 2 saturated heterocycles. The maximum Gasteiger partial charge on any atom is 0.225 e. The Kier molecular flexibility index (Phi) is 5.75. The van der Waals surface area contributed by atoms with Gasteiger partial charge in [0.25, 0.3) is 0 Å². The van der Waals surface area contributed by atoms with Crippen LogP contribution in [0.15, 0.2) is 24.3 Å². The zero-order valence-electron chi connectivity index (χ0n) is 13.4. The minimum Gasteiger partial charge on any atom is -0.368 e. The highest BCUT2D eigenvalue weighted by atomic mass is 35.5. The molecule has 0 atom stereocenters. The number of hydrogen-bond donors (Lipinski definition) is 2. The quantitative estimate of drug-likeness (QED) is 0.766. The number of para-hydroxylation sites is 1. The average Bonchev–Trinajstić information content (AvgIpc) is 2.51. The Morgan fingerprint density at radius 2 is 1.96 bits per heavy atom. The summed E-state index contributed by atoms with van der Waals surface area (Å²) in [5.74, 6) is 0.390. The third-order valence-electron chi connectivity index (χ3n) is 4.67. The topological polar surface area (TPSA) is 47.6 Å². The van der Waals surface area contributed by atoms with E-state index in [0.717, 1.165) is 69.5 Å². The van der Waals surface area contributed by atoms with Gasteiger partial charge in [0.2, 0.25) is 5.91 Å². The molecule has 2 fully saturated rings. The molecule has 2 aliphatic heterocycles. The van der Waals surface area contributed by atoms with Crippen molar-refractivity contribution in [2.75, 3.05) is 57.3 Å². The van der Waals surface area contributed by atoms with Crippen molar-refractivity contribution >= 4 is 23.2 Å². The molecule has 5 nitrogen and oxygen atoms in total. The molecule has 1 aromatic rings. The Morgan fingerprint density at radius 3 is 2.61 bits per heavy atom. The zero-order chi connectivity index (χ0) is 16.1. The number of carbonyl (C=O) groups excluding carboxylic acids is 1. The van der Waals surface area contributed by atoms with Crippen molar-refractivity contribution in [3.05, 3.63) is 29.3 Å². The summed E-state index contributed by atoms with van der Waals surface area (Å²) in [6.07, 6.45) is 1.01. The van der Waals surface area contributed by atoms with Gasteiger partial charge in [-0.25, -0.2) is 0 Å². The SMILES string of the molecule is O=C(NCCCN1CCN(c2ccccc2Cl)CC1)C1CNC1. The minimum absolute atomic E-state index is 0.189. The van der Waals surface area contributed by atoms with Crippen LogP contribution in [0.4, 0.5) is 5.69 Å². The van der Waals surface area contributed by atoms with Gasteiger partial charge in [0.05, 0.1) is 16.6 Å². The molecule has 0 radical (unpaired) electrons. The predicted molar refractivity (Wildman–Crippen MR) is 94.1 cm³/mol. The van der Waals surface area contributed by atoms with Crippen LogP contribution in [0, 0.1) is 5.92 Å². The lowest BCUT2D eigenvalue weighted by Gasteiger charge is -2.36. The predicted octanol–water partition coefficient (Wildman–Crippen LogP) is 1.19. The maximum atomic E-state index is 11.7. The van der Waals surface area contributed by atoms with Crippen LogP contribution in [0.5, 0.6) is 0 Å². The summed E-state index contributed by atoms with van der Waals surface area (Å²) in [6.45, 7) is 7.58. The largest absolute Gasteiger partial charge is 0.368 e. The lowest BCUT2D eigenvalue weighted by atomic mass is 10.0. The van der Waals surface area contributed by atoms with Gasteiger partial charge in [-0.1, -0.05) is 23.7 Å². The van der Waals surface area contributed by atoms with E-state index < -0.39 is 0 Å². The molecule has 2 heterocycles. The zero-order valence-corrected chi connectivity index (χ0v) is 14.2. The van der Waals surface area contributed by atoms with Gasteiger partial charge in [0.15, 0.2) is 0 Å². The van der Waals surface area contributed by atoms with Crippen LogP contribution >= 0.6 is 11.6 Å². The van der Waals surface area contributed by atoms with Crippen LogP contribution in [0.25, 0.3) is 0 Å². The van der Waals surface area contributed by atoms with Crippen molar-refractivity contribution in [2.24, 2.45) is 5.92 Å². The lowest BCUT2D eigenvalue weighted by molar-refractivity contribution is -0.126. The van der Waals surface area contributed by atoms with Crippen LogP contribution in [-0.4, -0.2) is 63.2 Å². The first-order valence-corrected chi connectivity index (χ1v) is 8.82. The first-order valence-electron chi connectivity index (χ1n) is 8.44. The van der Waals surface area contributed by atoms with E-state index in [1.807, 2.05) is 18.2 Å². The van der Waals surface area contributed by atoms with Crippen molar-refractivity contribution < 1.29 is 4.79 Å². The number of piperazine rings is 1. The summed E-state index contributed by atoms with van der Waals surface area (Å²) in [6, 6.07) is 8.04. The van der Waals surface area contributed by atoms with Crippen LogP contribution in [0.3, 0.4) is 0 Å². The summed E-state index contributed by atoms with van der Waals surface area (Å²) in [5, 5.41) is 6.98. The van der Waals surface area contributed by atoms with Gasteiger partial charge in [0.1, 0.15) is 0 Å². The van der Waals surface area contributed by atoms with Gasteiger partial charge in [-0.05, 0) is 25.1 Å². The van der Waals surface area contributed by atoms with Gasteiger partial charge >= 0.3 is 0 Å². The number of benzene rings is 1. The molecule has 126 valence electrons. The van der Waals surface area contributed by atoms with Crippen molar-refractivity contribution in [3.8, 4) is 0 Å². The fourth-order valence-corrected chi connectivity index (χ4v) is 3.31. The van der Waals surface area contributed by atoms with E-state index in [1.165, 1.54) is 0 Å². The monoisotopic (exact) mass is 336 g/mol. The normalized spacial score (nSPS) is 19.4. The molecule has 0 spiro atoms. The van der Waals surface area contributed by atoms with Gasteiger partial charge in [-0.3, -0.25) is 9.69 Å². The molecule has 0 unspecified atom stereocenters. The fraction of sp³-hybridized carbons (Fsp3) is 0.588. The Bertz CT molecular complexity index is 527. The molecule has 2 N–H and O–H groups in total. The maximum absolute atomic E-state index is 11.7. The van der Waals surface area contributed by atoms with E-state index in [1.54, 1.807) is 0 Å². The molecular weight excluding hydrogens is 312 g/mol. The Balaban J connectivity index is 1.33. The molecule has 2 aliphatic rings. The Labute approximate surface area is 143 Å². The highest BCUT2D eigenvalue weighted by Crippen LogP contribution is 2.25. The summed E-state index contributed by atoms with van der Waals surface area (Å²) in [5.41, 5.74) is 1.13. The van der Waals surface area contributed by atoms with Crippen LogP contribution in [0.1, 0.15) is 6.42 Å². The first kappa shape index (κ1) is 16.6. The summed E-state index contributed by atoms with van der Waals surface area (Å²) in [7, 11) is 0. The smallest absolute Gasteiger partial charge is 0.225 e. The standard InChI is InChI=1S/C17H25ClN4O/c18-15-4-1-2-5-16(15)22-10-8-21(9-11-22)7-3-6-20-17(23)14-12-19-13-14/h1-2,4-5,14,19H,3,6-13H2,(H,20,23). The van der Waals surface area contributed by atoms with E-state index in [0.29, 0.717) is 0 Å². The molecule has 23 heavy (non-hydrogen) atoms. The summed E-state index contributed by atoms with van der Waals surface area (Å²) >= 11 is 6.27. The second-order valence-electron chi connectivity index (χ2n) is 6.28. The van der Waals surface area contributed by atoms with E-state index >= 15 is 0 Å². The fourth-order valence-electron chi connectivity index (χ4n) is 3.05. The molecule has 1 aromatic carbocycles. The number of carbonyl (C=O) groups is 1. The van der Waals surface area contributed by atoms with Crippen molar-refractivity contribution in [1.82, 2.24) is 15.5 Å². The van der Waals surface area contributed by atoms with Gasteiger partial charge in [-0.2, -0.15) is 0 Å². The van der Waals surface area contributed by atoms with Crippen molar-refractivity contribution in [2.45, 2.75) is 6.42 Å². The molecule has 1 amide bonds. The highest BCUT2D eigenvalue weighted by molar-refractivity contribution is 6.33. The first-order chi connectivity index (χ1) is 11.2. The summed E-state index contributed by atoms with van der Waals surface area (Å²) in [4.78, 5) is 16.5. The van der Waals surface area contributed by atoms with Crippen LogP contribution in [0.2, 0.25) is 5.02 Å². The third kappa shape index (κ3) is 4.37. The van der Waals surface area contributed by atoms with E-state index in [2.05, 4.69) is 26.5 Å². The third-order valence-corrected chi connectivity index (χ3v) is 4.99. The minimum atomic E-state index is 0.189. The highest BCUT2D eigenvalue weighted by Gasteiger charge is 2.24. The summed E-state index contributed by atoms with van der Waals surface area (Å²) < 4.78 is 0. The molecule has 0 aromatic heterocycles. The molecule has 0 aliphatic carbocycles. The van der Waals surface area contributed by atoms with Gasteiger partial charge in [-0.15, -0.1) is 0 Å². The van der Waals surface area contributed by atoms with Crippen molar-refractivity contribution in [1.29, 1.82) is 0 Å². The molecular formula is C17H25ClN4O. The van der Waals surface area contributed by atoms with Gasteiger partial charge < -0.3 is 15.5 Å². The number of rotatable bonds is 6. The Hall–Kier alpha value is -1.30. The van der Waals surface area contributed by atoms with Crippen LogP contribution in [-0.2, 0) is 4.79 Å². The second kappa shape index (κ2) is 7.99. The average molecular weight is 337 g/mol. The number of hydrogen-bond acceptors (Lipinski definition) is 4. The molecule has 0 saturated carbocycles. The molecule has 0 bridgehead atoms. The Morgan fingerprint density at radius 1 is 1.22 bits per heavy atom. The van der Waals surface area contributed by atoms with Gasteiger partial charge in [0, 0.05) is 45.8 Å². The number of nitrogens with zero attached hydrogens (tertiary/aromatic N) is 2. The number of halogens is 1. The van der Waals surface area contributed by atoms with Crippen LogP contribution < -0.4 is 15.5 Å². The second-order valence-corrected chi connectivity index (χ2v) is 6.69. The number of anilines is 1. The van der Waals surface area contributed by atoms with E-state index in [-0.39, 0.29) is 11.8 Å². The number of nitrogens with one attached hydrogen (secondary N) is 2.